The predicted molar refractivity (Wildman–Crippen MR) is 60.6 cm³/mol. The highest BCUT2D eigenvalue weighted by molar-refractivity contribution is 5.16. The summed E-state index contributed by atoms with van der Waals surface area (Å²) in [5.74, 6) is 0.704. The van der Waals surface area contributed by atoms with Gasteiger partial charge in [0.15, 0.2) is 0 Å². The van der Waals surface area contributed by atoms with Crippen molar-refractivity contribution in [2.24, 2.45) is 0 Å². The minimum Gasteiger partial charge on any atom is -0.302 e. The lowest BCUT2D eigenvalue weighted by Gasteiger charge is -2.31. The Bertz CT molecular complexity index is 278. The summed E-state index contributed by atoms with van der Waals surface area (Å²) in [6.45, 7) is 3.75. The van der Waals surface area contributed by atoms with Crippen molar-refractivity contribution in [1.82, 2.24) is 15.6 Å². The molecule has 3 nitrogen and oxygen atoms in total. The van der Waals surface area contributed by atoms with Crippen LogP contribution in [-0.4, -0.2) is 36.1 Å². The number of hydrogen-bond acceptors (Lipinski definition) is 2. The average molecular weight is 204 g/mol. The number of aromatic nitrogens is 1. The Morgan fingerprint density at radius 1 is 1.27 bits per heavy atom. The Morgan fingerprint density at radius 3 is 2.53 bits per heavy atom. The number of likely N-dealkylation sites (tertiary alicyclic amines) is 1. The van der Waals surface area contributed by atoms with E-state index in [-0.39, 0.29) is 0 Å². The van der Waals surface area contributed by atoms with Gasteiger partial charge in [0, 0.05) is 25.5 Å². The van der Waals surface area contributed by atoms with Crippen LogP contribution >= 0.6 is 0 Å². The molecule has 15 heavy (non-hydrogen) atoms. The minimum absolute atomic E-state index is 0.528. The van der Waals surface area contributed by atoms with E-state index in [1.807, 2.05) is 12.4 Å². The van der Waals surface area contributed by atoms with Crippen LogP contribution in [0.15, 0.2) is 24.5 Å². The van der Waals surface area contributed by atoms with E-state index in [9.17, 15) is 0 Å². The largest absolute Gasteiger partial charge is 0.302 e. The fourth-order valence-corrected chi connectivity index (χ4v) is 2.28. The van der Waals surface area contributed by atoms with E-state index in [0.29, 0.717) is 12.5 Å². The first-order valence-electron chi connectivity index (χ1n) is 5.67. The summed E-state index contributed by atoms with van der Waals surface area (Å²) < 4.78 is 0. The van der Waals surface area contributed by atoms with Gasteiger partial charge in [0.1, 0.15) is 0 Å². The zero-order chi connectivity index (χ0) is 10.5. The summed E-state index contributed by atoms with van der Waals surface area (Å²) in [7, 11) is 0. The molecule has 0 aliphatic carbocycles. The summed E-state index contributed by atoms with van der Waals surface area (Å²) in [5.41, 5.74) is 8.63. The fraction of sp³-hybridized carbons (Fsp3) is 0.583. The van der Waals surface area contributed by atoms with Crippen LogP contribution in [0.2, 0.25) is 0 Å². The van der Waals surface area contributed by atoms with E-state index < -0.39 is 0 Å². The van der Waals surface area contributed by atoms with Crippen LogP contribution in [0.3, 0.4) is 0 Å². The van der Waals surface area contributed by atoms with E-state index >= 15 is 0 Å². The average Bonchev–Trinajstić information content (AvgIpc) is 2.32. The van der Waals surface area contributed by atoms with E-state index in [1.165, 1.54) is 18.4 Å². The van der Waals surface area contributed by atoms with Crippen molar-refractivity contribution >= 4 is 0 Å². The van der Waals surface area contributed by atoms with Gasteiger partial charge in [-0.25, -0.2) is 0 Å². The standard InChI is InChI=1S/C12H18N3/c13-5-10-15-8-3-12(4-9-15)11-1-6-14-7-2-11/h1-2,6-7,12-13H,3-5,8-10H2. The molecule has 0 unspecified atom stereocenters. The first kappa shape index (κ1) is 10.6. The molecule has 0 amide bonds. The molecule has 1 fully saturated rings. The Hall–Kier alpha value is -0.930. The molecule has 1 aromatic heterocycles. The molecule has 0 spiro atoms. The number of rotatable bonds is 3. The first-order valence-corrected chi connectivity index (χ1v) is 5.67. The van der Waals surface area contributed by atoms with Crippen molar-refractivity contribution in [2.45, 2.75) is 18.8 Å². The van der Waals surface area contributed by atoms with Gasteiger partial charge in [-0.05, 0) is 49.5 Å². The van der Waals surface area contributed by atoms with Gasteiger partial charge < -0.3 is 4.90 Å². The monoisotopic (exact) mass is 204 g/mol. The third-order valence-corrected chi connectivity index (χ3v) is 3.19. The number of nitrogens with zero attached hydrogens (tertiary/aromatic N) is 2. The van der Waals surface area contributed by atoms with E-state index in [2.05, 4.69) is 22.0 Å². The summed E-state index contributed by atoms with van der Waals surface area (Å²) in [6.07, 6.45) is 6.21. The van der Waals surface area contributed by atoms with E-state index in [1.54, 1.807) is 0 Å². The van der Waals surface area contributed by atoms with Crippen molar-refractivity contribution in [3.8, 4) is 0 Å². The maximum absolute atomic E-state index is 7.20. The number of hydrogen-bond donors (Lipinski definition) is 0. The molecule has 0 saturated carbocycles. The molecule has 1 aliphatic heterocycles. The second-order valence-electron chi connectivity index (χ2n) is 4.15. The van der Waals surface area contributed by atoms with Gasteiger partial charge in [-0.1, -0.05) is 0 Å². The van der Waals surface area contributed by atoms with E-state index in [4.69, 9.17) is 5.73 Å². The molecule has 2 heterocycles. The van der Waals surface area contributed by atoms with Gasteiger partial charge in [0.25, 0.3) is 0 Å². The SMILES string of the molecule is [NH]CCN1CCC(c2ccncc2)CC1. The maximum Gasteiger partial charge on any atom is 0.0270 e. The highest BCUT2D eigenvalue weighted by Gasteiger charge is 2.19. The molecule has 0 bridgehead atoms. The molecular weight excluding hydrogens is 186 g/mol. The van der Waals surface area contributed by atoms with Gasteiger partial charge in [-0.3, -0.25) is 10.7 Å². The lowest BCUT2D eigenvalue weighted by molar-refractivity contribution is 0.217. The number of piperidine rings is 1. The number of nitrogens with one attached hydrogen (secondary N) is 1. The molecule has 0 aromatic carbocycles. The lowest BCUT2D eigenvalue weighted by Crippen LogP contribution is -2.35. The third-order valence-electron chi connectivity index (χ3n) is 3.19. The van der Waals surface area contributed by atoms with Crippen molar-refractivity contribution in [3.63, 3.8) is 0 Å². The van der Waals surface area contributed by atoms with Crippen molar-refractivity contribution in [2.75, 3.05) is 26.2 Å². The summed E-state index contributed by atoms with van der Waals surface area (Å²) in [6, 6.07) is 4.26. The van der Waals surface area contributed by atoms with Gasteiger partial charge in [-0.15, -0.1) is 0 Å². The van der Waals surface area contributed by atoms with Crippen LogP contribution in [0.5, 0.6) is 0 Å². The smallest absolute Gasteiger partial charge is 0.0270 e. The topological polar surface area (TPSA) is 39.9 Å². The molecular formula is C12H18N3. The quantitative estimate of drug-likeness (QED) is 0.749. The molecule has 2 rings (SSSR count). The Kier molecular flexibility index (Phi) is 3.69. The molecule has 1 saturated heterocycles. The van der Waals surface area contributed by atoms with Gasteiger partial charge >= 0.3 is 0 Å². The van der Waals surface area contributed by atoms with Crippen LogP contribution in [0, 0.1) is 0 Å². The summed E-state index contributed by atoms with van der Waals surface area (Å²) in [4.78, 5) is 6.44. The summed E-state index contributed by atoms with van der Waals surface area (Å²) in [5, 5.41) is 0. The molecule has 1 aliphatic rings. The van der Waals surface area contributed by atoms with Gasteiger partial charge in [-0.2, -0.15) is 0 Å². The third kappa shape index (κ3) is 2.76. The highest BCUT2D eigenvalue weighted by atomic mass is 15.1. The molecule has 1 radical (unpaired) electrons. The van der Waals surface area contributed by atoms with Crippen LogP contribution < -0.4 is 5.73 Å². The Labute approximate surface area is 91.3 Å². The summed E-state index contributed by atoms with van der Waals surface area (Å²) >= 11 is 0. The second-order valence-corrected chi connectivity index (χ2v) is 4.15. The zero-order valence-electron chi connectivity index (χ0n) is 9.02. The fourth-order valence-electron chi connectivity index (χ4n) is 2.28. The van der Waals surface area contributed by atoms with E-state index in [0.717, 1.165) is 19.6 Å². The Balaban J connectivity index is 1.88. The van der Waals surface area contributed by atoms with Crippen LogP contribution in [0.1, 0.15) is 24.3 Å². The van der Waals surface area contributed by atoms with Crippen LogP contribution in [0.25, 0.3) is 0 Å². The lowest BCUT2D eigenvalue weighted by atomic mass is 9.90. The van der Waals surface area contributed by atoms with Crippen molar-refractivity contribution in [1.29, 1.82) is 0 Å². The molecule has 0 atom stereocenters. The van der Waals surface area contributed by atoms with Gasteiger partial charge in [0.2, 0.25) is 0 Å². The molecule has 3 heteroatoms. The predicted octanol–water partition coefficient (Wildman–Crippen LogP) is 1.54. The van der Waals surface area contributed by atoms with Crippen molar-refractivity contribution < 1.29 is 0 Å². The van der Waals surface area contributed by atoms with Crippen molar-refractivity contribution in [3.05, 3.63) is 30.1 Å². The minimum atomic E-state index is 0.528. The zero-order valence-corrected chi connectivity index (χ0v) is 9.02. The first-order chi connectivity index (χ1) is 7.40. The second kappa shape index (κ2) is 5.24. The molecule has 81 valence electrons. The van der Waals surface area contributed by atoms with Gasteiger partial charge in [0.05, 0.1) is 0 Å². The molecule has 1 aromatic rings. The van der Waals surface area contributed by atoms with Crippen LogP contribution in [0.4, 0.5) is 0 Å². The normalized spacial score (nSPS) is 19.3. The highest BCUT2D eigenvalue weighted by Crippen LogP contribution is 2.26. The maximum atomic E-state index is 7.20. The number of pyridine rings is 1. The Morgan fingerprint density at radius 2 is 1.93 bits per heavy atom. The molecule has 1 N–H and O–H groups in total. The van der Waals surface area contributed by atoms with Crippen LogP contribution in [-0.2, 0) is 0 Å².